The van der Waals surface area contributed by atoms with E-state index in [1.807, 2.05) is 4.90 Å². The van der Waals surface area contributed by atoms with E-state index in [4.69, 9.17) is 0 Å². The monoisotopic (exact) mass is 253 g/mol. The van der Waals surface area contributed by atoms with Crippen LogP contribution < -0.4 is 10.6 Å². The van der Waals surface area contributed by atoms with Gasteiger partial charge in [0.15, 0.2) is 0 Å². The second-order valence-electron chi connectivity index (χ2n) is 5.31. The van der Waals surface area contributed by atoms with Gasteiger partial charge in [-0.2, -0.15) is 0 Å². The highest BCUT2D eigenvalue weighted by atomic mass is 16.2. The van der Waals surface area contributed by atoms with Gasteiger partial charge in [-0.15, -0.1) is 0 Å². The number of hydrogen-bond donors (Lipinski definition) is 2. The first-order chi connectivity index (χ1) is 8.68. The Bertz CT molecular complexity index is 324. The Morgan fingerprint density at radius 1 is 1.39 bits per heavy atom. The van der Waals surface area contributed by atoms with Crippen molar-refractivity contribution in [3.05, 3.63) is 0 Å². The molecule has 5 heteroatoms. The van der Waals surface area contributed by atoms with Gasteiger partial charge < -0.3 is 15.5 Å². The largest absolute Gasteiger partial charge is 0.354 e. The minimum absolute atomic E-state index is 0.0533. The lowest BCUT2D eigenvalue weighted by Crippen LogP contribution is -2.52. The first kappa shape index (κ1) is 13.3. The minimum atomic E-state index is -0.244. The predicted molar refractivity (Wildman–Crippen MR) is 69.0 cm³/mol. The molecule has 102 valence electrons. The average molecular weight is 253 g/mol. The van der Waals surface area contributed by atoms with Gasteiger partial charge in [0, 0.05) is 32.6 Å². The summed E-state index contributed by atoms with van der Waals surface area (Å²) in [6.45, 7) is 5.66. The number of nitrogens with zero attached hydrogens (tertiary/aromatic N) is 1. The van der Waals surface area contributed by atoms with Gasteiger partial charge in [0.05, 0.1) is 5.41 Å². The fourth-order valence-electron chi connectivity index (χ4n) is 2.91. The van der Waals surface area contributed by atoms with E-state index in [9.17, 15) is 9.59 Å². The number of piperidine rings is 1. The van der Waals surface area contributed by atoms with Crippen LogP contribution in [0, 0.1) is 5.41 Å². The Morgan fingerprint density at radius 3 is 2.89 bits per heavy atom. The molecule has 0 aromatic carbocycles. The van der Waals surface area contributed by atoms with Crippen LogP contribution in [0.1, 0.15) is 32.6 Å². The van der Waals surface area contributed by atoms with Crippen molar-refractivity contribution < 1.29 is 9.59 Å². The molecule has 0 bridgehead atoms. The van der Waals surface area contributed by atoms with Gasteiger partial charge in [0.25, 0.3) is 0 Å². The fraction of sp³-hybridized carbons (Fsp3) is 0.846. The number of nitrogens with one attached hydrogen (secondary N) is 2. The van der Waals surface area contributed by atoms with Crippen molar-refractivity contribution in [1.29, 1.82) is 0 Å². The van der Waals surface area contributed by atoms with E-state index >= 15 is 0 Å². The van der Waals surface area contributed by atoms with Gasteiger partial charge in [0.1, 0.15) is 0 Å². The standard InChI is InChI=1S/C13H23N3O2/c1-2-13(5-3-6-14-10-13)12(18)16-8-4-11(17)15-7-9-16/h14H,2-10H2,1H3,(H,15,17). The molecule has 2 saturated heterocycles. The van der Waals surface area contributed by atoms with Crippen LogP contribution in [-0.2, 0) is 9.59 Å². The molecule has 0 spiro atoms. The molecule has 5 nitrogen and oxygen atoms in total. The molecule has 0 radical (unpaired) electrons. The van der Waals surface area contributed by atoms with Gasteiger partial charge >= 0.3 is 0 Å². The van der Waals surface area contributed by atoms with Gasteiger partial charge in [0.2, 0.25) is 11.8 Å². The van der Waals surface area contributed by atoms with E-state index in [-0.39, 0.29) is 17.2 Å². The molecule has 18 heavy (non-hydrogen) atoms. The Labute approximate surface area is 108 Å². The maximum absolute atomic E-state index is 12.7. The normalized spacial score (nSPS) is 29.6. The summed E-state index contributed by atoms with van der Waals surface area (Å²) in [5.41, 5.74) is -0.244. The van der Waals surface area contributed by atoms with Crippen molar-refractivity contribution in [1.82, 2.24) is 15.5 Å². The van der Waals surface area contributed by atoms with Crippen LogP contribution in [0.5, 0.6) is 0 Å². The molecule has 0 aromatic rings. The quantitative estimate of drug-likeness (QED) is 0.734. The van der Waals surface area contributed by atoms with Crippen LogP contribution >= 0.6 is 0 Å². The van der Waals surface area contributed by atoms with Crippen molar-refractivity contribution in [2.24, 2.45) is 5.41 Å². The number of rotatable bonds is 2. The van der Waals surface area contributed by atoms with Gasteiger partial charge in [-0.25, -0.2) is 0 Å². The molecule has 2 aliphatic heterocycles. The van der Waals surface area contributed by atoms with E-state index in [1.165, 1.54) is 0 Å². The van der Waals surface area contributed by atoms with E-state index < -0.39 is 0 Å². The summed E-state index contributed by atoms with van der Waals surface area (Å²) < 4.78 is 0. The summed E-state index contributed by atoms with van der Waals surface area (Å²) in [6, 6.07) is 0. The first-order valence-corrected chi connectivity index (χ1v) is 6.95. The molecule has 0 saturated carbocycles. The summed E-state index contributed by atoms with van der Waals surface area (Å²) in [5.74, 6) is 0.284. The van der Waals surface area contributed by atoms with Crippen molar-refractivity contribution in [2.45, 2.75) is 32.6 Å². The zero-order chi connectivity index (χ0) is 13.0. The molecule has 1 unspecified atom stereocenters. The lowest BCUT2D eigenvalue weighted by atomic mass is 9.77. The van der Waals surface area contributed by atoms with Crippen LogP contribution in [0.2, 0.25) is 0 Å². The topological polar surface area (TPSA) is 61.4 Å². The zero-order valence-corrected chi connectivity index (χ0v) is 11.1. The van der Waals surface area contributed by atoms with Crippen molar-refractivity contribution >= 4 is 11.8 Å². The van der Waals surface area contributed by atoms with E-state index in [0.29, 0.717) is 26.1 Å². The Hall–Kier alpha value is -1.10. The molecule has 2 aliphatic rings. The molecule has 0 aliphatic carbocycles. The predicted octanol–water partition coefficient (Wildman–Crippen LogP) is 0.115. The molecule has 2 N–H and O–H groups in total. The second kappa shape index (κ2) is 5.69. The minimum Gasteiger partial charge on any atom is -0.354 e. The lowest BCUT2D eigenvalue weighted by Gasteiger charge is -2.39. The van der Waals surface area contributed by atoms with Crippen molar-refractivity contribution in [2.75, 3.05) is 32.7 Å². The van der Waals surface area contributed by atoms with Gasteiger partial charge in [-0.1, -0.05) is 6.92 Å². The third-order valence-electron chi connectivity index (χ3n) is 4.20. The SMILES string of the molecule is CCC1(C(=O)N2CCNC(=O)CC2)CCCNC1. The molecule has 2 fully saturated rings. The number of amides is 2. The first-order valence-electron chi connectivity index (χ1n) is 6.95. The molecule has 2 rings (SSSR count). The third-order valence-corrected chi connectivity index (χ3v) is 4.20. The smallest absolute Gasteiger partial charge is 0.230 e. The maximum atomic E-state index is 12.7. The van der Waals surface area contributed by atoms with Crippen LogP contribution in [0.15, 0.2) is 0 Å². The van der Waals surface area contributed by atoms with Gasteiger partial charge in [-0.3, -0.25) is 9.59 Å². The summed E-state index contributed by atoms with van der Waals surface area (Å²) >= 11 is 0. The zero-order valence-electron chi connectivity index (χ0n) is 11.1. The van der Waals surface area contributed by atoms with E-state index in [0.717, 1.165) is 32.4 Å². The number of hydrogen-bond acceptors (Lipinski definition) is 3. The molecule has 0 aromatic heterocycles. The van der Waals surface area contributed by atoms with Crippen molar-refractivity contribution in [3.8, 4) is 0 Å². The summed E-state index contributed by atoms with van der Waals surface area (Å²) in [4.78, 5) is 25.9. The van der Waals surface area contributed by atoms with E-state index in [2.05, 4.69) is 17.6 Å². The second-order valence-corrected chi connectivity index (χ2v) is 5.31. The van der Waals surface area contributed by atoms with Crippen molar-refractivity contribution in [3.63, 3.8) is 0 Å². The Kier molecular flexibility index (Phi) is 4.22. The fourth-order valence-corrected chi connectivity index (χ4v) is 2.91. The molecule has 1 atom stereocenters. The molecule has 2 heterocycles. The van der Waals surface area contributed by atoms with Crippen LogP contribution in [0.25, 0.3) is 0 Å². The summed E-state index contributed by atoms with van der Waals surface area (Å²) in [5, 5.41) is 6.16. The lowest BCUT2D eigenvalue weighted by molar-refractivity contribution is -0.143. The summed E-state index contributed by atoms with van der Waals surface area (Å²) in [7, 11) is 0. The highest BCUT2D eigenvalue weighted by molar-refractivity contribution is 5.84. The average Bonchev–Trinajstić information content (AvgIpc) is 2.63. The Morgan fingerprint density at radius 2 is 2.22 bits per heavy atom. The third kappa shape index (κ3) is 2.66. The highest BCUT2D eigenvalue weighted by Crippen LogP contribution is 2.32. The molecular weight excluding hydrogens is 230 g/mol. The van der Waals surface area contributed by atoms with Gasteiger partial charge in [-0.05, 0) is 25.8 Å². The summed E-state index contributed by atoms with van der Waals surface area (Å²) in [6.07, 6.45) is 3.33. The van der Waals surface area contributed by atoms with Crippen LogP contribution in [0.3, 0.4) is 0 Å². The van der Waals surface area contributed by atoms with E-state index in [1.54, 1.807) is 0 Å². The van der Waals surface area contributed by atoms with Crippen LogP contribution in [0.4, 0.5) is 0 Å². The maximum Gasteiger partial charge on any atom is 0.230 e. The molecule has 2 amide bonds. The van der Waals surface area contributed by atoms with Crippen LogP contribution in [-0.4, -0.2) is 49.4 Å². The Balaban J connectivity index is 2.05. The number of carbonyl (C=O) groups is 2. The molecular formula is C13H23N3O2. The highest BCUT2D eigenvalue weighted by Gasteiger charge is 2.40. The number of carbonyl (C=O) groups excluding carboxylic acids is 2.